The summed E-state index contributed by atoms with van der Waals surface area (Å²) in [6.45, 7) is 1.13. The number of halogens is 3. The summed E-state index contributed by atoms with van der Waals surface area (Å²) in [7, 11) is 1.63. The van der Waals surface area contributed by atoms with E-state index in [0.29, 0.717) is 34.2 Å². The van der Waals surface area contributed by atoms with Gasteiger partial charge < -0.3 is 27.2 Å². The van der Waals surface area contributed by atoms with Crippen molar-refractivity contribution in [1.82, 2.24) is 5.32 Å². The first-order chi connectivity index (χ1) is 12.7. The fourth-order valence-corrected chi connectivity index (χ4v) is 3.83. The fourth-order valence-electron chi connectivity index (χ4n) is 3.35. The topological polar surface area (TPSA) is 30.5 Å². The van der Waals surface area contributed by atoms with E-state index in [1.54, 1.807) is 7.11 Å². The Morgan fingerprint density at radius 3 is 2.48 bits per heavy atom. The van der Waals surface area contributed by atoms with Gasteiger partial charge in [-0.25, -0.2) is 0 Å². The molecule has 0 aliphatic heterocycles. The summed E-state index contributed by atoms with van der Waals surface area (Å²) in [4.78, 5) is 0. The second kappa shape index (κ2) is 11.0. The molecule has 6 heteroatoms. The number of rotatable bonds is 7. The number of hydrogen-bond acceptors (Lipinski definition) is 3. The Morgan fingerprint density at radius 2 is 1.78 bits per heavy atom. The molecule has 27 heavy (non-hydrogen) atoms. The maximum atomic E-state index is 6.48. The van der Waals surface area contributed by atoms with E-state index in [0.717, 1.165) is 17.7 Å². The molecule has 0 radical (unpaired) electrons. The smallest absolute Gasteiger partial charge is 0.180 e. The van der Waals surface area contributed by atoms with E-state index < -0.39 is 0 Å². The molecule has 0 amide bonds. The lowest BCUT2D eigenvalue weighted by Crippen LogP contribution is -3.00. The first-order valence-corrected chi connectivity index (χ1v) is 9.89. The van der Waals surface area contributed by atoms with Crippen LogP contribution in [0.2, 0.25) is 10.0 Å². The van der Waals surface area contributed by atoms with E-state index in [2.05, 4.69) is 5.32 Å². The zero-order valence-corrected chi connectivity index (χ0v) is 17.7. The van der Waals surface area contributed by atoms with Crippen LogP contribution in [0, 0.1) is 0 Å². The van der Waals surface area contributed by atoms with Gasteiger partial charge in [-0.3, -0.25) is 0 Å². The molecule has 1 aliphatic rings. The lowest BCUT2D eigenvalue weighted by Gasteiger charge is -2.23. The van der Waals surface area contributed by atoms with Crippen molar-refractivity contribution in [2.24, 2.45) is 0 Å². The van der Waals surface area contributed by atoms with Crippen molar-refractivity contribution in [3.8, 4) is 11.5 Å². The minimum absolute atomic E-state index is 0. The van der Waals surface area contributed by atoms with Gasteiger partial charge in [0.2, 0.25) is 0 Å². The van der Waals surface area contributed by atoms with Crippen LogP contribution in [-0.4, -0.2) is 13.2 Å². The van der Waals surface area contributed by atoms with Crippen LogP contribution in [-0.2, 0) is 13.2 Å². The SMILES string of the molecule is COc1cc(CNC2CCCCC2)cc(Cl)c1OCc1ccccc1Cl.[Cl-]. The Morgan fingerprint density at radius 1 is 1.04 bits per heavy atom. The average molecular weight is 430 g/mol. The maximum absolute atomic E-state index is 6.48. The molecule has 3 nitrogen and oxygen atoms in total. The van der Waals surface area contributed by atoms with Gasteiger partial charge in [0, 0.05) is 23.2 Å². The zero-order chi connectivity index (χ0) is 18.4. The summed E-state index contributed by atoms with van der Waals surface area (Å²) in [5, 5.41) is 4.86. The number of methoxy groups -OCH3 is 1. The molecule has 0 unspecified atom stereocenters. The van der Waals surface area contributed by atoms with Crippen LogP contribution >= 0.6 is 23.2 Å². The number of hydrogen-bond donors (Lipinski definition) is 1. The molecule has 1 fully saturated rings. The van der Waals surface area contributed by atoms with Crippen LogP contribution in [0.4, 0.5) is 0 Å². The van der Waals surface area contributed by atoms with Crippen LogP contribution in [0.25, 0.3) is 0 Å². The number of nitrogens with one attached hydrogen (secondary N) is 1. The van der Waals surface area contributed by atoms with Gasteiger partial charge in [-0.2, -0.15) is 0 Å². The van der Waals surface area contributed by atoms with E-state index in [4.69, 9.17) is 32.7 Å². The molecule has 1 aliphatic carbocycles. The molecule has 0 bridgehead atoms. The molecular formula is C21H25Cl3NO2-. The molecule has 3 rings (SSSR count). The zero-order valence-electron chi connectivity index (χ0n) is 15.4. The van der Waals surface area contributed by atoms with Gasteiger partial charge in [0.25, 0.3) is 0 Å². The van der Waals surface area contributed by atoms with Gasteiger partial charge in [-0.05, 0) is 36.6 Å². The summed E-state index contributed by atoms with van der Waals surface area (Å²) in [6.07, 6.45) is 6.50. The largest absolute Gasteiger partial charge is 1.00 e. The number of ether oxygens (including phenoxy) is 2. The number of benzene rings is 2. The minimum atomic E-state index is 0. The molecule has 0 atom stereocenters. The van der Waals surface area contributed by atoms with Crippen molar-refractivity contribution in [2.75, 3.05) is 7.11 Å². The summed E-state index contributed by atoms with van der Waals surface area (Å²) in [5.74, 6) is 1.19. The van der Waals surface area contributed by atoms with Gasteiger partial charge in [-0.1, -0.05) is 60.7 Å². The van der Waals surface area contributed by atoms with Crippen molar-refractivity contribution in [2.45, 2.75) is 51.3 Å². The summed E-state index contributed by atoms with van der Waals surface area (Å²) in [5.41, 5.74) is 2.01. The monoisotopic (exact) mass is 428 g/mol. The predicted molar refractivity (Wildman–Crippen MR) is 108 cm³/mol. The minimum Gasteiger partial charge on any atom is -1.00 e. The van der Waals surface area contributed by atoms with Gasteiger partial charge in [-0.15, -0.1) is 0 Å². The van der Waals surface area contributed by atoms with Crippen LogP contribution in [0.1, 0.15) is 43.2 Å². The molecule has 148 valence electrons. The molecule has 0 saturated heterocycles. The Bertz CT molecular complexity index is 733. The average Bonchev–Trinajstić information content (AvgIpc) is 2.67. The Hall–Kier alpha value is -1.13. The van der Waals surface area contributed by atoms with Crippen molar-refractivity contribution in [3.05, 3.63) is 57.6 Å². The van der Waals surface area contributed by atoms with Gasteiger partial charge in [0.1, 0.15) is 6.61 Å². The van der Waals surface area contributed by atoms with Crippen molar-refractivity contribution in [3.63, 3.8) is 0 Å². The van der Waals surface area contributed by atoms with Crippen LogP contribution in [0.5, 0.6) is 11.5 Å². The maximum Gasteiger partial charge on any atom is 0.180 e. The van der Waals surface area contributed by atoms with Crippen molar-refractivity contribution in [1.29, 1.82) is 0 Å². The molecule has 0 spiro atoms. The van der Waals surface area contributed by atoms with E-state index in [9.17, 15) is 0 Å². The van der Waals surface area contributed by atoms with E-state index in [-0.39, 0.29) is 12.4 Å². The highest BCUT2D eigenvalue weighted by atomic mass is 35.5. The second-order valence-electron chi connectivity index (χ2n) is 6.70. The summed E-state index contributed by atoms with van der Waals surface area (Å²) < 4.78 is 11.4. The Labute approximate surface area is 177 Å². The fraction of sp³-hybridized carbons (Fsp3) is 0.429. The molecule has 2 aromatic rings. The predicted octanol–water partition coefficient (Wildman–Crippen LogP) is 3.01. The molecule has 0 heterocycles. The van der Waals surface area contributed by atoms with Gasteiger partial charge in [0.15, 0.2) is 11.5 Å². The van der Waals surface area contributed by atoms with Crippen LogP contribution < -0.4 is 27.2 Å². The lowest BCUT2D eigenvalue weighted by atomic mass is 9.95. The third-order valence-corrected chi connectivity index (χ3v) is 5.47. The normalized spacial score (nSPS) is 14.5. The first kappa shape index (κ1) is 22.2. The third-order valence-electron chi connectivity index (χ3n) is 4.82. The van der Waals surface area contributed by atoms with E-state index in [1.807, 2.05) is 36.4 Å². The quantitative estimate of drug-likeness (QED) is 0.734. The summed E-state index contributed by atoms with van der Waals surface area (Å²) >= 11 is 12.7. The standard InChI is InChI=1S/C21H25Cl2NO2.ClH/c1-25-20-12-15(13-24-17-8-3-2-4-9-17)11-19(23)21(20)26-14-16-7-5-6-10-18(16)22;/h5-7,10-12,17,24H,2-4,8-9,13-14H2,1H3;1H/p-1. The highest BCUT2D eigenvalue weighted by Crippen LogP contribution is 2.37. The highest BCUT2D eigenvalue weighted by Gasteiger charge is 2.15. The second-order valence-corrected chi connectivity index (χ2v) is 7.52. The van der Waals surface area contributed by atoms with Crippen LogP contribution in [0.15, 0.2) is 36.4 Å². The third kappa shape index (κ3) is 6.18. The Balaban J connectivity index is 0.00000261. The van der Waals surface area contributed by atoms with E-state index >= 15 is 0 Å². The van der Waals surface area contributed by atoms with Gasteiger partial charge >= 0.3 is 0 Å². The molecule has 1 N–H and O–H groups in total. The molecule has 1 saturated carbocycles. The molecular weight excluding hydrogens is 405 g/mol. The highest BCUT2D eigenvalue weighted by molar-refractivity contribution is 6.32. The molecule has 0 aromatic heterocycles. The van der Waals surface area contributed by atoms with Crippen molar-refractivity contribution < 1.29 is 21.9 Å². The van der Waals surface area contributed by atoms with Gasteiger partial charge in [0.05, 0.1) is 12.1 Å². The Kier molecular flexibility index (Phi) is 9.04. The first-order valence-electron chi connectivity index (χ1n) is 9.13. The molecule has 2 aromatic carbocycles. The van der Waals surface area contributed by atoms with E-state index in [1.165, 1.54) is 32.1 Å². The summed E-state index contributed by atoms with van der Waals surface area (Å²) in [6, 6.07) is 12.1. The van der Waals surface area contributed by atoms with Crippen molar-refractivity contribution >= 4 is 23.2 Å². The van der Waals surface area contributed by atoms with Crippen LogP contribution in [0.3, 0.4) is 0 Å². The lowest BCUT2D eigenvalue weighted by molar-refractivity contribution is -0.00000576.